The summed E-state index contributed by atoms with van der Waals surface area (Å²) in [6.07, 6.45) is 0. The molecule has 0 fully saturated rings. The van der Waals surface area contributed by atoms with Gasteiger partial charge in [0.05, 0.1) is 9.92 Å². The maximum atomic E-state index is 13.0. The van der Waals surface area contributed by atoms with Crippen molar-refractivity contribution in [3.63, 3.8) is 0 Å². The van der Waals surface area contributed by atoms with Crippen LogP contribution in [0.15, 0.2) is 47.4 Å². The van der Waals surface area contributed by atoms with Crippen molar-refractivity contribution in [2.75, 3.05) is 25.0 Å². The molecular formula is C21H24ClFN2O5S. The molecule has 0 aliphatic carbocycles. The van der Waals surface area contributed by atoms with Gasteiger partial charge in [0.1, 0.15) is 16.8 Å². The summed E-state index contributed by atoms with van der Waals surface area (Å²) in [5.41, 5.74) is 0.263. The summed E-state index contributed by atoms with van der Waals surface area (Å²) in [6, 6.07) is 8.61. The van der Waals surface area contributed by atoms with Crippen molar-refractivity contribution in [1.82, 2.24) is 4.90 Å². The Labute approximate surface area is 186 Å². The molecule has 168 valence electrons. The number of likely N-dealkylation sites (N-methyl/N-ethyl adjacent to an activating group) is 1. The number of hydrogen-bond donors (Lipinski definition) is 1. The quantitative estimate of drug-likeness (QED) is 0.566. The average Bonchev–Trinajstić information content (AvgIpc) is 2.73. The van der Waals surface area contributed by atoms with Crippen molar-refractivity contribution in [1.29, 1.82) is 0 Å². The lowest BCUT2D eigenvalue weighted by Gasteiger charge is -2.19. The van der Waals surface area contributed by atoms with E-state index in [1.165, 1.54) is 25.1 Å². The predicted octanol–water partition coefficient (Wildman–Crippen LogP) is 3.53. The summed E-state index contributed by atoms with van der Waals surface area (Å²) in [4.78, 5) is 26.0. The van der Waals surface area contributed by atoms with Gasteiger partial charge in [0, 0.05) is 18.8 Å². The van der Waals surface area contributed by atoms with Gasteiger partial charge >= 0.3 is 0 Å². The van der Waals surface area contributed by atoms with E-state index >= 15 is 0 Å². The number of hydrogen-bond acceptors (Lipinski definition) is 5. The Morgan fingerprint density at radius 1 is 1.13 bits per heavy atom. The molecule has 0 saturated heterocycles. The van der Waals surface area contributed by atoms with Gasteiger partial charge in [-0.2, -0.15) is 0 Å². The predicted molar refractivity (Wildman–Crippen MR) is 117 cm³/mol. The van der Waals surface area contributed by atoms with Crippen molar-refractivity contribution < 1.29 is 27.1 Å². The Bertz CT molecular complexity index is 1040. The van der Waals surface area contributed by atoms with Crippen LogP contribution in [0, 0.1) is 5.82 Å². The lowest BCUT2D eigenvalue weighted by molar-refractivity contribution is -0.133. The first-order chi connectivity index (χ1) is 14.6. The fraction of sp³-hybridized carbons (Fsp3) is 0.333. The maximum absolute atomic E-state index is 13.0. The molecule has 2 aromatic carbocycles. The minimum Gasteiger partial charge on any atom is -0.482 e. The molecule has 0 spiro atoms. The van der Waals surface area contributed by atoms with E-state index in [1.54, 1.807) is 4.90 Å². The number of nitrogens with one attached hydrogen (secondary N) is 1. The summed E-state index contributed by atoms with van der Waals surface area (Å²) in [7, 11) is -4.00. The van der Waals surface area contributed by atoms with Crippen molar-refractivity contribution in [3.05, 3.63) is 53.3 Å². The normalized spacial score (nSPS) is 12.2. The number of rotatable bonds is 9. The third kappa shape index (κ3) is 6.18. The van der Waals surface area contributed by atoms with Crippen molar-refractivity contribution in [2.24, 2.45) is 0 Å². The van der Waals surface area contributed by atoms with Crippen LogP contribution in [0.5, 0.6) is 5.75 Å². The first-order valence-electron chi connectivity index (χ1n) is 9.60. The van der Waals surface area contributed by atoms with Crippen LogP contribution in [-0.4, -0.2) is 50.1 Å². The lowest BCUT2D eigenvalue weighted by atomic mass is 10.3. The molecule has 7 nitrogen and oxygen atoms in total. The number of nitrogens with zero attached hydrogens (tertiary/aromatic N) is 1. The van der Waals surface area contributed by atoms with Crippen LogP contribution in [-0.2, 0) is 19.4 Å². The van der Waals surface area contributed by atoms with Crippen LogP contribution in [0.4, 0.5) is 10.1 Å². The Morgan fingerprint density at radius 3 is 2.29 bits per heavy atom. The van der Waals surface area contributed by atoms with E-state index in [0.29, 0.717) is 13.1 Å². The Hall–Kier alpha value is -2.65. The number of anilines is 1. The van der Waals surface area contributed by atoms with Gasteiger partial charge in [-0.25, -0.2) is 12.8 Å². The molecule has 31 heavy (non-hydrogen) atoms. The van der Waals surface area contributed by atoms with E-state index in [-0.39, 0.29) is 33.9 Å². The number of amides is 2. The van der Waals surface area contributed by atoms with Crippen molar-refractivity contribution >= 4 is 38.9 Å². The highest BCUT2D eigenvalue weighted by Gasteiger charge is 2.30. The van der Waals surface area contributed by atoms with E-state index in [4.69, 9.17) is 16.3 Å². The van der Waals surface area contributed by atoms with Crippen molar-refractivity contribution in [2.45, 2.75) is 30.9 Å². The molecular weight excluding hydrogens is 447 g/mol. The molecule has 0 aromatic heterocycles. The number of ether oxygens (including phenoxy) is 1. The van der Waals surface area contributed by atoms with Crippen LogP contribution in [0.25, 0.3) is 0 Å². The summed E-state index contributed by atoms with van der Waals surface area (Å²) in [5, 5.41) is 1.23. The van der Waals surface area contributed by atoms with Gasteiger partial charge in [-0.3, -0.25) is 9.59 Å². The topological polar surface area (TPSA) is 92.8 Å². The Kier molecular flexibility index (Phi) is 8.41. The van der Waals surface area contributed by atoms with Crippen LogP contribution < -0.4 is 10.1 Å². The first-order valence-corrected chi connectivity index (χ1v) is 11.5. The standard InChI is InChI=1S/C21H24ClFN2O5S/c1-4-25(5-2)20(26)13-30-19-11-8-16(12-18(19)22)24-21(27)14(3)31(28,29)17-9-6-15(23)7-10-17/h6-12,14H,4-5,13H2,1-3H3,(H,24,27). The fourth-order valence-corrected chi connectivity index (χ4v) is 4.22. The number of carbonyl (C=O) groups excluding carboxylic acids is 2. The highest BCUT2D eigenvalue weighted by molar-refractivity contribution is 7.92. The van der Waals surface area contributed by atoms with Gasteiger partial charge in [0.25, 0.3) is 5.91 Å². The second-order valence-electron chi connectivity index (χ2n) is 6.63. The highest BCUT2D eigenvalue weighted by Crippen LogP contribution is 2.28. The average molecular weight is 471 g/mol. The van der Waals surface area contributed by atoms with Crippen LogP contribution in [0.3, 0.4) is 0 Å². The zero-order valence-electron chi connectivity index (χ0n) is 17.4. The van der Waals surface area contributed by atoms with Gasteiger partial charge in [-0.15, -0.1) is 0 Å². The summed E-state index contributed by atoms with van der Waals surface area (Å²) in [6.45, 7) is 5.92. The molecule has 0 heterocycles. The molecule has 1 N–H and O–H groups in total. The molecule has 10 heteroatoms. The van der Waals surface area contributed by atoms with Gasteiger partial charge < -0.3 is 15.0 Å². The first kappa shape index (κ1) is 24.6. The van der Waals surface area contributed by atoms with E-state index in [0.717, 1.165) is 24.3 Å². The molecule has 0 bridgehead atoms. The van der Waals surface area contributed by atoms with Gasteiger partial charge in [-0.05, 0) is 63.2 Å². The monoisotopic (exact) mass is 470 g/mol. The Balaban J connectivity index is 2.06. The SMILES string of the molecule is CCN(CC)C(=O)COc1ccc(NC(=O)C(C)S(=O)(=O)c2ccc(F)cc2)cc1Cl. The molecule has 2 aromatic rings. The lowest BCUT2D eigenvalue weighted by Crippen LogP contribution is -2.34. The minimum atomic E-state index is -4.00. The minimum absolute atomic E-state index is 0.152. The fourth-order valence-electron chi connectivity index (χ4n) is 2.72. The number of sulfone groups is 1. The third-order valence-corrected chi connectivity index (χ3v) is 7.01. The molecule has 2 amide bonds. The van der Waals surface area contributed by atoms with E-state index < -0.39 is 26.8 Å². The third-order valence-electron chi connectivity index (χ3n) is 4.64. The van der Waals surface area contributed by atoms with Crippen LogP contribution >= 0.6 is 11.6 Å². The zero-order valence-corrected chi connectivity index (χ0v) is 19.0. The summed E-state index contributed by atoms with van der Waals surface area (Å²) in [5.74, 6) is -1.28. The molecule has 1 atom stereocenters. The Morgan fingerprint density at radius 2 is 1.74 bits per heavy atom. The molecule has 1 unspecified atom stereocenters. The largest absolute Gasteiger partial charge is 0.482 e. The van der Waals surface area contributed by atoms with Crippen LogP contribution in [0.2, 0.25) is 5.02 Å². The second kappa shape index (κ2) is 10.6. The van der Waals surface area contributed by atoms with Gasteiger partial charge in [0.2, 0.25) is 5.91 Å². The van der Waals surface area contributed by atoms with Gasteiger partial charge in [-0.1, -0.05) is 11.6 Å². The highest BCUT2D eigenvalue weighted by atomic mass is 35.5. The van der Waals surface area contributed by atoms with E-state index in [9.17, 15) is 22.4 Å². The summed E-state index contributed by atoms with van der Waals surface area (Å²) < 4.78 is 43.7. The number of carbonyl (C=O) groups is 2. The zero-order chi connectivity index (χ0) is 23.2. The van der Waals surface area contributed by atoms with E-state index in [1.807, 2.05) is 13.8 Å². The second-order valence-corrected chi connectivity index (χ2v) is 9.31. The van der Waals surface area contributed by atoms with Crippen molar-refractivity contribution in [3.8, 4) is 5.75 Å². The molecule has 2 rings (SSSR count). The molecule has 0 radical (unpaired) electrons. The molecule has 0 saturated carbocycles. The summed E-state index contributed by atoms with van der Waals surface area (Å²) >= 11 is 6.17. The molecule has 0 aliphatic rings. The number of halogens is 2. The smallest absolute Gasteiger partial charge is 0.260 e. The van der Waals surface area contributed by atoms with E-state index in [2.05, 4.69) is 5.32 Å². The molecule has 0 aliphatic heterocycles. The van der Waals surface area contributed by atoms with Gasteiger partial charge in [0.15, 0.2) is 16.4 Å². The maximum Gasteiger partial charge on any atom is 0.260 e. The number of benzene rings is 2. The van der Waals surface area contributed by atoms with Crippen LogP contribution in [0.1, 0.15) is 20.8 Å².